The molecule has 24 heavy (non-hydrogen) atoms. The van der Waals surface area contributed by atoms with E-state index in [0.29, 0.717) is 18.9 Å². The van der Waals surface area contributed by atoms with E-state index in [1.54, 1.807) is 23.0 Å². The van der Waals surface area contributed by atoms with E-state index in [2.05, 4.69) is 10.4 Å². The van der Waals surface area contributed by atoms with Gasteiger partial charge in [-0.1, -0.05) is 18.6 Å². The SMILES string of the molecule is O=C(CC1CC2CCC1C2)Nc1cnn(Cc2ccc(F)cc2)c1. The Morgan fingerprint density at radius 1 is 1.25 bits per heavy atom. The van der Waals surface area contributed by atoms with Crippen LogP contribution in [-0.2, 0) is 11.3 Å². The number of anilines is 1. The van der Waals surface area contributed by atoms with E-state index >= 15 is 0 Å². The van der Waals surface area contributed by atoms with Crippen molar-refractivity contribution in [3.63, 3.8) is 0 Å². The highest BCUT2D eigenvalue weighted by Gasteiger charge is 2.40. The van der Waals surface area contributed by atoms with Gasteiger partial charge in [0.2, 0.25) is 5.91 Å². The first kappa shape index (κ1) is 15.4. The molecule has 1 heterocycles. The molecule has 0 spiro atoms. The average Bonchev–Trinajstić information content (AvgIpc) is 3.27. The van der Waals surface area contributed by atoms with Crippen LogP contribution in [0.1, 0.15) is 37.7 Å². The van der Waals surface area contributed by atoms with Crippen LogP contribution in [0.2, 0.25) is 0 Å². The van der Waals surface area contributed by atoms with E-state index in [9.17, 15) is 9.18 Å². The van der Waals surface area contributed by atoms with Crippen molar-refractivity contribution in [2.24, 2.45) is 17.8 Å². The number of nitrogens with one attached hydrogen (secondary N) is 1. The van der Waals surface area contributed by atoms with Gasteiger partial charge in [0, 0.05) is 12.6 Å². The molecule has 2 aromatic rings. The molecule has 5 heteroatoms. The van der Waals surface area contributed by atoms with Crippen LogP contribution in [0.25, 0.3) is 0 Å². The number of halogens is 1. The maximum atomic E-state index is 12.9. The van der Waals surface area contributed by atoms with Crippen molar-refractivity contribution >= 4 is 11.6 Å². The summed E-state index contributed by atoms with van der Waals surface area (Å²) in [6.07, 6.45) is 9.33. The fourth-order valence-corrected chi connectivity index (χ4v) is 4.37. The Bertz CT molecular complexity index is 724. The molecule has 0 saturated heterocycles. The standard InChI is InChI=1S/C19H22FN3O/c20-17-5-2-13(3-6-17)11-23-12-18(10-21-23)22-19(24)9-16-8-14-1-4-15(16)7-14/h2-3,5-6,10,12,14-16H,1,4,7-9,11H2,(H,22,24). The quantitative estimate of drug-likeness (QED) is 0.907. The zero-order valence-electron chi connectivity index (χ0n) is 13.6. The number of nitrogens with zero attached hydrogens (tertiary/aromatic N) is 2. The van der Waals surface area contributed by atoms with Gasteiger partial charge < -0.3 is 5.32 Å². The normalized spacial score (nSPS) is 25.1. The van der Waals surface area contributed by atoms with Crippen LogP contribution in [0.4, 0.5) is 10.1 Å². The lowest BCUT2D eigenvalue weighted by molar-refractivity contribution is -0.117. The molecule has 126 valence electrons. The molecule has 1 aromatic heterocycles. The van der Waals surface area contributed by atoms with Crippen molar-refractivity contribution in [1.82, 2.24) is 9.78 Å². The molecule has 4 nitrogen and oxygen atoms in total. The van der Waals surface area contributed by atoms with E-state index in [1.165, 1.54) is 37.8 Å². The molecule has 0 aliphatic heterocycles. The average molecular weight is 327 g/mol. The van der Waals surface area contributed by atoms with Gasteiger partial charge in [0.1, 0.15) is 5.82 Å². The predicted octanol–water partition coefficient (Wildman–Crippen LogP) is 3.84. The van der Waals surface area contributed by atoms with Gasteiger partial charge in [0.15, 0.2) is 0 Å². The lowest BCUT2D eigenvalue weighted by Crippen LogP contribution is -2.20. The smallest absolute Gasteiger partial charge is 0.224 e. The van der Waals surface area contributed by atoms with Crippen molar-refractivity contribution in [3.05, 3.63) is 48.0 Å². The zero-order chi connectivity index (χ0) is 16.5. The Morgan fingerprint density at radius 2 is 2.08 bits per heavy atom. The van der Waals surface area contributed by atoms with Crippen LogP contribution in [0.15, 0.2) is 36.7 Å². The van der Waals surface area contributed by atoms with Crippen LogP contribution in [0.5, 0.6) is 0 Å². The summed E-state index contributed by atoms with van der Waals surface area (Å²) >= 11 is 0. The number of carbonyl (C=O) groups excluding carboxylic acids is 1. The van der Waals surface area contributed by atoms with Crippen LogP contribution in [0.3, 0.4) is 0 Å². The first-order chi connectivity index (χ1) is 11.7. The number of benzene rings is 1. The van der Waals surface area contributed by atoms with Crippen molar-refractivity contribution in [2.75, 3.05) is 5.32 Å². The van der Waals surface area contributed by atoms with Crippen molar-refractivity contribution in [1.29, 1.82) is 0 Å². The molecular weight excluding hydrogens is 305 g/mol. The lowest BCUT2D eigenvalue weighted by atomic mass is 9.86. The van der Waals surface area contributed by atoms with Gasteiger partial charge in [-0.3, -0.25) is 9.48 Å². The number of hydrogen-bond donors (Lipinski definition) is 1. The molecule has 2 saturated carbocycles. The van der Waals surface area contributed by atoms with Crippen molar-refractivity contribution in [3.8, 4) is 0 Å². The summed E-state index contributed by atoms with van der Waals surface area (Å²) < 4.78 is 14.7. The van der Waals surface area contributed by atoms with Gasteiger partial charge in [0.05, 0.1) is 18.4 Å². The van der Waals surface area contributed by atoms with E-state index < -0.39 is 0 Å². The Morgan fingerprint density at radius 3 is 2.79 bits per heavy atom. The van der Waals surface area contributed by atoms with E-state index in [0.717, 1.165) is 23.1 Å². The third-order valence-electron chi connectivity index (χ3n) is 5.51. The second kappa shape index (κ2) is 6.38. The van der Waals surface area contributed by atoms with Crippen LogP contribution in [-0.4, -0.2) is 15.7 Å². The first-order valence-corrected chi connectivity index (χ1v) is 8.72. The first-order valence-electron chi connectivity index (χ1n) is 8.72. The maximum Gasteiger partial charge on any atom is 0.224 e. The van der Waals surface area contributed by atoms with Gasteiger partial charge >= 0.3 is 0 Å². The minimum atomic E-state index is -0.243. The summed E-state index contributed by atoms with van der Waals surface area (Å²) in [5.74, 6) is 2.05. The predicted molar refractivity (Wildman–Crippen MR) is 89.9 cm³/mol. The van der Waals surface area contributed by atoms with Gasteiger partial charge in [-0.25, -0.2) is 4.39 Å². The third-order valence-corrected chi connectivity index (χ3v) is 5.51. The Labute approximate surface area is 141 Å². The Hall–Kier alpha value is -2.17. The van der Waals surface area contributed by atoms with Crippen molar-refractivity contribution < 1.29 is 9.18 Å². The zero-order valence-corrected chi connectivity index (χ0v) is 13.6. The van der Waals surface area contributed by atoms with Gasteiger partial charge in [-0.05, 0) is 54.7 Å². The number of rotatable bonds is 5. The Balaban J connectivity index is 1.31. The second-order valence-electron chi connectivity index (χ2n) is 7.24. The van der Waals surface area contributed by atoms with Gasteiger partial charge in [-0.15, -0.1) is 0 Å². The highest BCUT2D eigenvalue weighted by molar-refractivity contribution is 5.90. The van der Waals surface area contributed by atoms with Crippen LogP contribution in [0, 0.1) is 23.6 Å². The topological polar surface area (TPSA) is 46.9 Å². The maximum absolute atomic E-state index is 12.9. The fourth-order valence-electron chi connectivity index (χ4n) is 4.37. The summed E-state index contributed by atoms with van der Waals surface area (Å²) in [5.41, 5.74) is 1.70. The molecule has 1 aromatic carbocycles. The van der Waals surface area contributed by atoms with E-state index in [4.69, 9.17) is 0 Å². The fraction of sp³-hybridized carbons (Fsp3) is 0.474. The number of carbonyl (C=O) groups is 1. The van der Waals surface area contributed by atoms with Crippen molar-refractivity contribution in [2.45, 2.75) is 38.6 Å². The monoisotopic (exact) mass is 327 g/mol. The molecule has 3 unspecified atom stereocenters. The number of amides is 1. The molecule has 2 bridgehead atoms. The number of aromatic nitrogens is 2. The van der Waals surface area contributed by atoms with Crippen LogP contribution < -0.4 is 5.32 Å². The highest BCUT2D eigenvalue weighted by Crippen LogP contribution is 2.49. The molecule has 3 atom stereocenters. The summed E-state index contributed by atoms with van der Waals surface area (Å²) in [6, 6.07) is 6.36. The molecule has 2 aliphatic rings. The van der Waals surface area contributed by atoms with Gasteiger partial charge in [0.25, 0.3) is 0 Å². The molecule has 4 rings (SSSR count). The lowest BCUT2D eigenvalue weighted by Gasteiger charge is -2.20. The molecular formula is C19H22FN3O. The molecule has 1 amide bonds. The molecule has 0 radical (unpaired) electrons. The number of fused-ring (bicyclic) bond motifs is 2. The molecule has 2 aliphatic carbocycles. The van der Waals surface area contributed by atoms with Gasteiger partial charge in [-0.2, -0.15) is 5.10 Å². The largest absolute Gasteiger partial charge is 0.323 e. The second-order valence-corrected chi connectivity index (χ2v) is 7.24. The minimum absolute atomic E-state index is 0.0916. The van der Waals surface area contributed by atoms with E-state index in [1.807, 2.05) is 6.20 Å². The minimum Gasteiger partial charge on any atom is -0.323 e. The van der Waals surface area contributed by atoms with E-state index in [-0.39, 0.29) is 11.7 Å². The summed E-state index contributed by atoms with van der Waals surface area (Å²) in [6.45, 7) is 0.558. The Kier molecular flexibility index (Phi) is 4.08. The van der Waals surface area contributed by atoms with Crippen LogP contribution >= 0.6 is 0 Å². The summed E-state index contributed by atoms with van der Waals surface area (Å²) in [5, 5.41) is 7.23. The summed E-state index contributed by atoms with van der Waals surface area (Å²) in [7, 11) is 0. The third kappa shape index (κ3) is 3.35. The number of hydrogen-bond acceptors (Lipinski definition) is 2. The summed E-state index contributed by atoms with van der Waals surface area (Å²) in [4.78, 5) is 12.3. The highest BCUT2D eigenvalue weighted by atomic mass is 19.1. The molecule has 1 N–H and O–H groups in total. The molecule has 2 fully saturated rings.